The molecule has 0 unspecified atom stereocenters. The fourth-order valence-corrected chi connectivity index (χ4v) is 7.30. The lowest BCUT2D eigenvalue weighted by atomic mass is 9.98. The third-order valence-corrected chi connectivity index (χ3v) is 9.63. The first-order valence-electron chi connectivity index (χ1n) is 16.3. The monoisotopic (exact) mass is 635 g/mol. The largest absolute Gasteiger partial charge is 0.309 e. The molecule has 5 nitrogen and oxygen atoms in total. The maximum absolute atomic E-state index is 9.88. The van der Waals surface area contributed by atoms with Crippen molar-refractivity contribution in [2.24, 2.45) is 0 Å². The van der Waals surface area contributed by atoms with E-state index in [1.165, 1.54) is 0 Å². The number of aromatic nitrogens is 2. The van der Waals surface area contributed by atoms with Gasteiger partial charge in [0.25, 0.3) is 0 Å². The lowest BCUT2D eigenvalue weighted by Gasteiger charge is -2.15. The van der Waals surface area contributed by atoms with Crippen molar-refractivity contribution < 1.29 is 0 Å². The highest BCUT2D eigenvalue weighted by Crippen LogP contribution is 2.38. The highest BCUT2D eigenvalue weighted by atomic mass is 15.0. The summed E-state index contributed by atoms with van der Waals surface area (Å²) >= 11 is 0. The first-order valence-corrected chi connectivity index (χ1v) is 16.3. The summed E-state index contributed by atoms with van der Waals surface area (Å²) in [6, 6.07) is 58.0. The lowest BCUT2D eigenvalue weighted by Crippen LogP contribution is -1.98. The van der Waals surface area contributed by atoms with Gasteiger partial charge in [0.05, 0.1) is 62.7 Å². The Morgan fingerprint density at radius 2 is 0.800 bits per heavy atom. The molecule has 0 saturated carbocycles. The fraction of sp³-hybridized carbons (Fsp3) is 0. The highest BCUT2D eigenvalue weighted by molar-refractivity contribution is 6.11. The van der Waals surface area contributed by atoms with Crippen LogP contribution in [0.3, 0.4) is 0 Å². The zero-order chi connectivity index (χ0) is 33.8. The van der Waals surface area contributed by atoms with Crippen molar-refractivity contribution >= 4 is 43.6 Å². The van der Waals surface area contributed by atoms with Gasteiger partial charge in [-0.1, -0.05) is 78.9 Å². The van der Waals surface area contributed by atoms with Crippen LogP contribution in [-0.4, -0.2) is 9.13 Å². The number of hydrogen-bond donors (Lipinski definition) is 0. The molecule has 2 aromatic heterocycles. The number of fused-ring (bicyclic) bond motifs is 6. The number of benzene rings is 7. The Hall–Kier alpha value is -7.39. The molecule has 7 aromatic carbocycles. The maximum atomic E-state index is 9.88. The minimum absolute atomic E-state index is 0.578. The highest BCUT2D eigenvalue weighted by Gasteiger charge is 2.17. The van der Waals surface area contributed by atoms with E-state index >= 15 is 0 Å². The van der Waals surface area contributed by atoms with Crippen molar-refractivity contribution in [3.8, 4) is 51.8 Å². The molecule has 0 fully saturated rings. The van der Waals surface area contributed by atoms with E-state index < -0.39 is 0 Å². The Labute approximate surface area is 287 Å². The van der Waals surface area contributed by atoms with Gasteiger partial charge in [0.15, 0.2) is 0 Å². The average molecular weight is 636 g/mol. The minimum Gasteiger partial charge on any atom is -0.309 e. The quantitative estimate of drug-likeness (QED) is 0.193. The van der Waals surface area contributed by atoms with E-state index in [2.05, 4.69) is 100 Å². The van der Waals surface area contributed by atoms with Crippen LogP contribution in [0.4, 0.5) is 0 Å². The fourth-order valence-electron chi connectivity index (χ4n) is 7.30. The van der Waals surface area contributed by atoms with E-state index in [4.69, 9.17) is 0 Å². The second-order valence-corrected chi connectivity index (χ2v) is 12.4. The van der Waals surface area contributed by atoms with E-state index in [1.807, 2.05) is 78.9 Å². The molecule has 0 radical (unpaired) electrons. The van der Waals surface area contributed by atoms with Crippen molar-refractivity contribution in [3.63, 3.8) is 0 Å². The maximum Gasteiger partial charge on any atom is 0.0992 e. The smallest absolute Gasteiger partial charge is 0.0992 e. The first-order chi connectivity index (χ1) is 24.6. The second kappa shape index (κ2) is 11.4. The average Bonchev–Trinajstić information content (AvgIpc) is 3.70. The van der Waals surface area contributed by atoms with Gasteiger partial charge in [-0.25, -0.2) is 0 Å². The van der Waals surface area contributed by atoms with Crippen LogP contribution < -0.4 is 0 Å². The van der Waals surface area contributed by atoms with Crippen LogP contribution in [-0.2, 0) is 0 Å². The second-order valence-electron chi connectivity index (χ2n) is 12.4. The number of nitriles is 3. The molecule has 0 atom stereocenters. The molecular weight excluding hydrogens is 611 g/mol. The lowest BCUT2D eigenvalue weighted by molar-refractivity contribution is 1.18. The molecule has 0 aliphatic heterocycles. The molecule has 2 heterocycles. The number of para-hydroxylation sites is 2. The molecule has 0 aliphatic carbocycles. The third kappa shape index (κ3) is 4.45. The Morgan fingerprint density at radius 3 is 1.38 bits per heavy atom. The summed E-state index contributed by atoms with van der Waals surface area (Å²) in [6.45, 7) is 0. The van der Waals surface area contributed by atoms with Crippen molar-refractivity contribution in [1.82, 2.24) is 9.13 Å². The van der Waals surface area contributed by atoms with Gasteiger partial charge in [0, 0.05) is 32.8 Å². The van der Waals surface area contributed by atoms with Crippen LogP contribution in [0.5, 0.6) is 0 Å². The molecule has 0 aliphatic rings. The third-order valence-electron chi connectivity index (χ3n) is 9.63. The van der Waals surface area contributed by atoms with Crippen molar-refractivity contribution in [2.75, 3.05) is 0 Å². The van der Waals surface area contributed by atoms with Gasteiger partial charge in [-0.2, -0.15) is 15.8 Å². The van der Waals surface area contributed by atoms with Crippen LogP contribution in [0.25, 0.3) is 77.2 Å². The molecule has 5 heteroatoms. The predicted octanol–water partition coefficient (Wildman–Crippen LogP) is 10.8. The molecule has 0 amide bonds. The van der Waals surface area contributed by atoms with Crippen LogP contribution in [0.15, 0.2) is 152 Å². The number of rotatable bonds is 4. The summed E-state index contributed by atoms with van der Waals surface area (Å²) in [5.41, 5.74) is 12.2. The van der Waals surface area contributed by atoms with E-state index in [0.717, 1.165) is 77.2 Å². The number of hydrogen-bond acceptors (Lipinski definition) is 3. The Kier molecular flexibility index (Phi) is 6.56. The Morgan fingerprint density at radius 1 is 0.360 bits per heavy atom. The van der Waals surface area contributed by atoms with Gasteiger partial charge >= 0.3 is 0 Å². The van der Waals surface area contributed by atoms with E-state index in [-0.39, 0.29) is 0 Å². The summed E-state index contributed by atoms with van der Waals surface area (Å²) in [4.78, 5) is 0. The SMILES string of the molecule is N#Cc1ccc(-c2ccc(-c3ccc(-n4c5ccccc5c5cc(C#N)ccc54)cc3)cc2)c(-n2c3ccccc3c3cc(C#N)ccc32)c1. The van der Waals surface area contributed by atoms with E-state index in [0.29, 0.717) is 16.7 Å². The molecule has 0 N–H and O–H groups in total. The molecular formula is C45H25N5. The minimum atomic E-state index is 0.578. The van der Waals surface area contributed by atoms with Gasteiger partial charge in [-0.15, -0.1) is 0 Å². The van der Waals surface area contributed by atoms with Gasteiger partial charge in [-0.05, 0) is 89.5 Å². The molecule has 230 valence electrons. The number of nitrogens with zero attached hydrogens (tertiary/aromatic N) is 5. The molecule has 0 bridgehead atoms. The van der Waals surface area contributed by atoms with Gasteiger partial charge < -0.3 is 9.13 Å². The van der Waals surface area contributed by atoms with Crippen LogP contribution in [0, 0.1) is 34.0 Å². The Bertz CT molecular complexity index is 2940. The molecule has 9 aromatic rings. The zero-order valence-corrected chi connectivity index (χ0v) is 26.7. The van der Waals surface area contributed by atoms with Gasteiger partial charge in [0.1, 0.15) is 0 Å². The van der Waals surface area contributed by atoms with E-state index in [9.17, 15) is 15.8 Å². The summed E-state index contributed by atoms with van der Waals surface area (Å²) in [5.74, 6) is 0. The summed E-state index contributed by atoms with van der Waals surface area (Å²) < 4.78 is 4.45. The molecule has 50 heavy (non-hydrogen) atoms. The Balaban J connectivity index is 1.12. The van der Waals surface area contributed by atoms with Crippen LogP contribution in [0.1, 0.15) is 16.7 Å². The standard InChI is InChI=1S/C45H25N5/c46-26-29-10-21-43-39(23-29)37-5-1-3-7-41(37)49(43)35-18-16-33(17-19-35)32-12-14-34(15-13-32)36-20-9-31(28-48)25-45(36)50-42-8-4-2-6-38(42)40-24-30(27-47)11-22-44(40)50/h1-25H. The molecule has 9 rings (SSSR count). The van der Waals surface area contributed by atoms with Crippen molar-refractivity contribution in [2.45, 2.75) is 0 Å². The van der Waals surface area contributed by atoms with Crippen LogP contribution >= 0.6 is 0 Å². The normalized spacial score (nSPS) is 11.1. The topological polar surface area (TPSA) is 81.2 Å². The van der Waals surface area contributed by atoms with Crippen molar-refractivity contribution in [3.05, 3.63) is 168 Å². The summed E-state index contributed by atoms with van der Waals surface area (Å²) in [7, 11) is 0. The molecule has 0 saturated heterocycles. The van der Waals surface area contributed by atoms with Gasteiger partial charge in [-0.3, -0.25) is 0 Å². The molecule has 0 spiro atoms. The van der Waals surface area contributed by atoms with Crippen LogP contribution in [0.2, 0.25) is 0 Å². The van der Waals surface area contributed by atoms with Crippen molar-refractivity contribution in [1.29, 1.82) is 15.8 Å². The summed E-state index contributed by atoms with van der Waals surface area (Å²) in [5, 5.41) is 33.2. The van der Waals surface area contributed by atoms with Gasteiger partial charge in [0.2, 0.25) is 0 Å². The summed E-state index contributed by atoms with van der Waals surface area (Å²) in [6.07, 6.45) is 0. The predicted molar refractivity (Wildman–Crippen MR) is 200 cm³/mol. The zero-order valence-electron chi connectivity index (χ0n) is 26.7. The first kappa shape index (κ1) is 28.8. The van der Waals surface area contributed by atoms with E-state index in [1.54, 1.807) is 0 Å².